The van der Waals surface area contributed by atoms with E-state index in [0.29, 0.717) is 30.8 Å². The summed E-state index contributed by atoms with van der Waals surface area (Å²) in [5.74, 6) is 0. The van der Waals surface area contributed by atoms with E-state index in [9.17, 15) is 19.8 Å². The molecule has 2 rings (SSSR count). The lowest BCUT2D eigenvalue weighted by Gasteiger charge is -2.27. The first-order valence-corrected chi connectivity index (χ1v) is 10.7. The maximum Gasteiger partial charge on any atom is 0.411 e. The minimum atomic E-state index is -0.837. The van der Waals surface area contributed by atoms with E-state index in [0.717, 1.165) is 11.1 Å². The van der Waals surface area contributed by atoms with Gasteiger partial charge in [-0.05, 0) is 48.2 Å². The fourth-order valence-electron chi connectivity index (χ4n) is 2.86. The predicted molar refractivity (Wildman–Crippen MR) is 124 cm³/mol. The third kappa shape index (κ3) is 8.72. The van der Waals surface area contributed by atoms with Crippen LogP contribution in [-0.2, 0) is 20.6 Å². The second kappa shape index (κ2) is 13.4. The van der Waals surface area contributed by atoms with Gasteiger partial charge in [-0.3, -0.25) is 10.6 Å². The Bertz CT molecular complexity index is 857. The number of aliphatic hydroxyl groups is 2. The number of methoxy groups -OCH3 is 1. The van der Waals surface area contributed by atoms with Crippen molar-refractivity contribution in [2.75, 3.05) is 50.8 Å². The van der Waals surface area contributed by atoms with Crippen LogP contribution in [0.1, 0.15) is 24.5 Å². The van der Waals surface area contributed by atoms with Gasteiger partial charge in [0.15, 0.2) is 0 Å². The minimum absolute atomic E-state index is 0.0733. The average Bonchev–Trinajstić information content (AvgIpc) is 2.83. The van der Waals surface area contributed by atoms with Crippen molar-refractivity contribution in [1.82, 2.24) is 0 Å². The van der Waals surface area contributed by atoms with Crippen LogP contribution in [0.25, 0.3) is 0 Å². The Morgan fingerprint density at radius 1 is 0.818 bits per heavy atom. The number of carbonyl (C=O) groups is 2. The van der Waals surface area contributed by atoms with E-state index < -0.39 is 17.6 Å². The van der Waals surface area contributed by atoms with Gasteiger partial charge in [-0.25, -0.2) is 9.59 Å². The summed E-state index contributed by atoms with van der Waals surface area (Å²) in [5.41, 5.74) is 2.46. The van der Waals surface area contributed by atoms with Gasteiger partial charge >= 0.3 is 12.2 Å². The third-order valence-corrected chi connectivity index (χ3v) is 5.26. The lowest BCUT2D eigenvalue weighted by Crippen LogP contribution is -2.36. The largest absolute Gasteiger partial charge is 0.449 e. The molecule has 0 spiro atoms. The predicted octanol–water partition coefficient (Wildman–Crippen LogP) is 3.40. The Labute approximate surface area is 193 Å². The summed E-state index contributed by atoms with van der Waals surface area (Å²) in [4.78, 5) is 23.7. The zero-order valence-electron chi connectivity index (χ0n) is 19.0. The second-order valence-electron chi connectivity index (χ2n) is 7.70. The zero-order chi connectivity index (χ0) is 24.1. The van der Waals surface area contributed by atoms with Gasteiger partial charge in [0.2, 0.25) is 0 Å². The molecule has 2 aromatic carbocycles. The second-order valence-corrected chi connectivity index (χ2v) is 7.70. The number of carbonyl (C=O) groups excluding carboxylic acids is 2. The molecule has 0 atom stereocenters. The summed E-state index contributed by atoms with van der Waals surface area (Å²) in [7, 11) is 1.54. The van der Waals surface area contributed by atoms with E-state index in [2.05, 4.69) is 10.6 Å². The van der Waals surface area contributed by atoms with Crippen LogP contribution in [0.2, 0.25) is 0 Å². The molecule has 0 unspecified atom stereocenters. The first-order chi connectivity index (χ1) is 15.9. The van der Waals surface area contributed by atoms with Crippen molar-refractivity contribution in [3.8, 4) is 0 Å². The molecule has 0 saturated heterocycles. The monoisotopic (exact) mass is 460 g/mol. The van der Waals surface area contributed by atoms with E-state index in [4.69, 9.17) is 14.2 Å². The Balaban J connectivity index is 1.83. The molecule has 0 heterocycles. The first-order valence-electron chi connectivity index (χ1n) is 10.7. The molecular formula is C24H32N2O7. The van der Waals surface area contributed by atoms with Gasteiger partial charge in [0.05, 0.1) is 25.2 Å². The molecule has 0 fully saturated rings. The van der Waals surface area contributed by atoms with Crippen LogP contribution in [0.5, 0.6) is 0 Å². The fourth-order valence-corrected chi connectivity index (χ4v) is 2.86. The lowest BCUT2D eigenvalue weighted by atomic mass is 9.88. The Morgan fingerprint density at radius 3 is 1.73 bits per heavy atom. The maximum absolute atomic E-state index is 12.0. The highest BCUT2D eigenvalue weighted by atomic mass is 16.6. The van der Waals surface area contributed by atoms with E-state index in [1.165, 1.54) is 7.11 Å². The maximum atomic E-state index is 12.0. The molecular weight excluding hydrogens is 428 g/mol. The molecule has 0 aliphatic carbocycles. The topological polar surface area (TPSA) is 126 Å². The van der Waals surface area contributed by atoms with Crippen molar-refractivity contribution < 1.29 is 34.0 Å². The highest BCUT2D eigenvalue weighted by Crippen LogP contribution is 2.21. The van der Waals surface area contributed by atoms with Crippen LogP contribution in [0.15, 0.2) is 48.5 Å². The first kappa shape index (κ1) is 26.1. The molecule has 0 aliphatic rings. The standard InChI is InChI=1S/C24H32N2O7/c1-3-24(15-27,16-28)17-33-23(30)26-21-10-6-19(7-11-21)14-18-4-8-20(9-5-18)25-22(29)32-13-12-31-2/h4-11,27-28H,3,12-17H2,1-2H3,(H,25,29)(H,26,30). The van der Waals surface area contributed by atoms with Crippen molar-refractivity contribution in [2.45, 2.75) is 19.8 Å². The molecule has 0 radical (unpaired) electrons. The third-order valence-electron chi connectivity index (χ3n) is 5.26. The quantitative estimate of drug-likeness (QED) is 0.358. The number of anilines is 2. The average molecular weight is 461 g/mol. The molecule has 0 aromatic heterocycles. The van der Waals surface area contributed by atoms with E-state index >= 15 is 0 Å². The van der Waals surface area contributed by atoms with Gasteiger partial charge in [-0.2, -0.15) is 0 Å². The van der Waals surface area contributed by atoms with Gasteiger partial charge in [0, 0.05) is 18.5 Å². The summed E-state index contributed by atoms with van der Waals surface area (Å²) in [6.45, 7) is 1.74. The summed E-state index contributed by atoms with van der Waals surface area (Å²) in [6, 6.07) is 14.8. The van der Waals surface area contributed by atoms with Gasteiger partial charge in [-0.1, -0.05) is 31.2 Å². The molecule has 0 aliphatic heterocycles. The Kier molecular flexibility index (Phi) is 10.6. The highest BCUT2D eigenvalue weighted by molar-refractivity contribution is 5.85. The molecule has 33 heavy (non-hydrogen) atoms. The number of amides is 2. The van der Waals surface area contributed by atoms with Crippen LogP contribution in [-0.4, -0.2) is 62.5 Å². The summed E-state index contributed by atoms with van der Waals surface area (Å²) in [6.07, 6.45) is -0.0203. The zero-order valence-corrected chi connectivity index (χ0v) is 19.0. The van der Waals surface area contributed by atoms with Crippen LogP contribution in [0.3, 0.4) is 0 Å². The van der Waals surface area contributed by atoms with Crippen molar-refractivity contribution in [1.29, 1.82) is 0 Å². The minimum Gasteiger partial charge on any atom is -0.449 e. The van der Waals surface area contributed by atoms with Crippen LogP contribution >= 0.6 is 0 Å². The molecule has 9 heteroatoms. The number of benzene rings is 2. The normalized spacial score (nSPS) is 11.0. The van der Waals surface area contributed by atoms with Gasteiger partial charge in [0.1, 0.15) is 13.2 Å². The van der Waals surface area contributed by atoms with Crippen LogP contribution in [0.4, 0.5) is 21.0 Å². The van der Waals surface area contributed by atoms with Gasteiger partial charge in [-0.15, -0.1) is 0 Å². The summed E-state index contributed by atoms with van der Waals surface area (Å²) >= 11 is 0. The van der Waals surface area contributed by atoms with Gasteiger partial charge < -0.3 is 24.4 Å². The number of rotatable bonds is 12. The molecule has 9 nitrogen and oxygen atoms in total. The Morgan fingerprint density at radius 2 is 1.30 bits per heavy atom. The van der Waals surface area contributed by atoms with Crippen molar-refractivity contribution in [2.24, 2.45) is 5.41 Å². The summed E-state index contributed by atoms with van der Waals surface area (Å²) < 4.78 is 15.0. The fraction of sp³-hybridized carbons (Fsp3) is 0.417. The van der Waals surface area contributed by atoms with Gasteiger partial charge in [0.25, 0.3) is 0 Å². The molecule has 180 valence electrons. The SMILES string of the molecule is CCC(CO)(CO)COC(=O)Nc1ccc(Cc2ccc(NC(=O)OCCOC)cc2)cc1. The molecule has 2 amide bonds. The van der Waals surface area contributed by atoms with Crippen LogP contribution < -0.4 is 10.6 Å². The molecule has 2 aromatic rings. The summed E-state index contributed by atoms with van der Waals surface area (Å²) in [5, 5.41) is 24.1. The number of hydrogen-bond donors (Lipinski definition) is 4. The number of hydrogen-bond acceptors (Lipinski definition) is 7. The lowest BCUT2D eigenvalue weighted by molar-refractivity contribution is -0.00214. The Hall–Kier alpha value is -3.14. The number of aliphatic hydroxyl groups excluding tert-OH is 2. The van der Waals surface area contributed by atoms with Crippen LogP contribution in [0, 0.1) is 5.41 Å². The smallest absolute Gasteiger partial charge is 0.411 e. The molecule has 0 bridgehead atoms. The molecule has 4 N–H and O–H groups in total. The molecule has 0 saturated carbocycles. The van der Waals surface area contributed by atoms with E-state index in [1.807, 2.05) is 31.2 Å². The highest BCUT2D eigenvalue weighted by Gasteiger charge is 2.28. The number of nitrogens with one attached hydrogen (secondary N) is 2. The number of ether oxygens (including phenoxy) is 3. The van der Waals surface area contributed by atoms with E-state index in [1.54, 1.807) is 24.3 Å². The van der Waals surface area contributed by atoms with Crippen molar-refractivity contribution in [3.05, 3.63) is 59.7 Å². The van der Waals surface area contributed by atoms with Crippen molar-refractivity contribution in [3.63, 3.8) is 0 Å². The van der Waals surface area contributed by atoms with E-state index in [-0.39, 0.29) is 26.4 Å². The van der Waals surface area contributed by atoms with Crippen molar-refractivity contribution >= 4 is 23.6 Å².